The number of unbranched alkanes of at least 4 members (excludes halogenated alkanes) is 1. The number of aliphatic carboxylic acids is 1. The van der Waals surface area contributed by atoms with Gasteiger partial charge in [-0.25, -0.2) is 0 Å². The molecule has 0 rings (SSSR count). The molecule has 0 amide bonds. The van der Waals surface area contributed by atoms with Crippen LogP contribution in [-0.4, -0.2) is 29.7 Å². The summed E-state index contributed by atoms with van der Waals surface area (Å²) in [5.41, 5.74) is 7.24. The molecule has 0 heterocycles. The summed E-state index contributed by atoms with van der Waals surface area (Å²) in [5.74, 6) is -0.829. The molecule has 0 spiro atoms. The molecule has 16 heavy (non-hydrogen) atoms. The molecule has 0 bridgehead atoms. The van der Waals surface area contributed by atoms with E-state index in [2.05, 4.69) is 15.3 Å². The Balaban J connectivity index is 4.37. The van der Waals surface area contributed by atoms with Gasteiger partial charge in [-0.1, -0.05) is 31.8 Å². The molecule has 6 nitrogen and oxygen atoms in total. The van der Waals surface area contributed by atoms with Crippen LogP contribution in [-0.2, 0) is 4.79 Å². The molecular weight excluding hydrogens is 208 g/mol. The lowest BCUT2D eigenvalue weighted by Gasteiger charge is -2.29. The highest BCUT2D eigenvalue weighted by atomic mass is 16.4. The van der Waals surface area contributed by atoms with E-state index in [1.54, 1.807) is 0 Å². The third kappa shape index (κ3) is 4.51. The quantitative estimate of drug-likeness (QED) is 0.274. The van der Waals surface area contributed by atoms with Crippen molar-refractivity contribution in [3.8, 4) is 0 Å². The summed E-state index contributed by atoms with van der Waals surface area (Å²) in [7, 11) is 0. The first-order valence-corrected chi connectivity index (χ1v) is 5.62. The molecule has 0 saturated carbocycles. The Morgan fingerprint density at radius 3 is 2.69 bits per heavy atom. The Morgan fingerprint density at radius 2 is 2.25 bits per heavy atom. The minimum atomic E-state index is -0.874. The molecule has 0 radical (unpaired) electrons. The van der Waals surface area contributed by atoms with Crippen LogP contribution in [0.4, 0.5) is 0 Å². The number of rotatable bonds is 9. The van der Waals surface area contributed by atoms with Crippen molar-refractivity contribution in [1.82, 2.24) is 5.32 Å². The van der Waals surface area contributed by atoms with Crippen LogP contribution in [0.5, 0.6) is 0 Å². The van der Waals surface area contributed by atoms with Gasteiger partial charge in [0.25, 0.3) is 0 Å². The molecule has 2 N–H and O–H groups in total. The van der Waals surface area contributed by atoms with Crippen molar-refractivity contribution in [2.45, 2.75) is 45.1 Å². The molecule has 0 aliphatic rings. The number of carboxylic acids is 1. The van der Waals surface area contributed by atoms with Gasteiger partial charge >= 0.3 is 5.97 Å². The Morgan fingerprint density at radius 1 is 1.56 bits per heavy atom. The number of carboxylic acid groups (broad SMARTS) is 1. The molecule has 0 aliphatic heterocycles. The third-order valence-corrected chi connectivity index (χ3v) is 2.71. The fraction of sp³-hybridized carbons (Fsp3) is 0.900. The van der Waals surface area contributed by atoms with Crippen molar-refractivity contribution in [3.63, 3.8) is 0 Å². The second kappa shape index (κ2) is 7.96. The van der Waals surface area contributed by atoms with Gasteiger partial charge in [0.2, 0.25) is 0 Å². The van der Waals surface area contributed by atoms with Gasteiger partial charge < -0.3 is 10.4 Å². The molecule has 1 atom stereocenters. The second-order valence-corrected chi connectivity index (χ2v) is 3.73. The molecule has 0 aromatic rings. The zero-order valence-electron chi connectivity index (χ0n) is 9.94. The Bertz CT molecular complexity index is 264. The summed E-state index contributed by atoms with van der Waals surface area (Å²) >= 11 is 0. The Labute approximate surface area is 95.7 Å². The van der Waals surface area contributed by atoms with Gasteiger partial charge in [-0.3, -0.25) is 4.79 Å². The third-order valence-electron chi connectivity index (χ3n) is 2.71. The van der Waals surface area contributed by atoms with E-state index in [-0.39, 0.29) is 6.54 Å². The van der Waals surface area contributed by atoms with Crippen LogP contribution in [0.25, 0.3) is 10.4 Å². The van der Waals surface area contributed by atoms with Crippen LogP contribution in [0.15, 0.2) is 5.11 Å². The largest absolute Gasteiger partial charge is 0.480 e. The van der Waals surface area contributed by atoms with E-state index in [0.717, 1.165) is 12.8 Å². The topological polar surface area (TPSA) is 98.1 Å². The van der Waals surface area contributed by atoms with Crippen LogP contribution in [0.3, 0.4) is 0 Å². The van der Waals surface area contributed by atoms with Gasteiger partial charge in [0.15, 0.2) is 0 Å². The van der Waals surface area contributed by atoms with Gasteiger partial charge in [-0.15, -0.1) is 0 Å². The molecule has 0 aromatic carbocycles. The fourth-order valence-electron chi connectivity index (χ4n) is 1.59. The lowest BCUT2D eigenvalue weighted by atomic mass is 9.90. The smallest absolute Gasteiger partial charge is 0.323 e. The summed E-state index contributed by atoms with van der Waals surface area (Å²) in [5, 5.41) is 15.6. The summed E-state index contributed by atoms with van der Waals surface area (Å²) in [6.07, 6.45) is 2.96. The average Bonchev–Trinajstić information content (AvgIpc) is 2.28. The summed E-state index contributed by atoms with van der Waals surface area (Å²) in [4.78, 5) is 13.9. The first-order valence-electron chi connectivity index (χ1n) is 5.62. The van der Waals surface area contributed by atoms with Crippen LogP contribution < -0.4 is 5.32 Å². The predicted octanol–water partition coefficient (Wildman–Crippen LogP) is 2.31. The SMILES string of the molecule is CCCCC(CC)(NCCN=[N+]=[N-])C(=O)O. The monoisotopic (exact) mass is 228 g/mol. The molecule has 0 aromatic heterocycles. The predicted molar refractivity (Wildman–Crippen MR) is 62.2 cm³/mol. The molecule has 0 saturated heterocycles. The summed E-state index contributed by atoms with van der Waals surface area (Å²) in [6.45, 7) is 4.55. The first kappa shape index (κ1) is 14.7. The fourth-order valence-corrected chi connectivity index (χ4v) is 1.59. The van der Waals surface area contributed by atoms with E-state index in [9.17, 15) is 9.90 Å². The minimum absolute atomic E-state index is 0.275. The van der Waals surface area contributed by atoms with E-state index in [4.69, 9.17) is 5.53 Å². The standard InChI is InChI=1S/C10H20N4O2/c1-3-5-6-10(4-2,9(15)16)12-7-8-13-14-11/h12H,3-8H2,1-2H3,(H,15,16). The zero-order valence-corrected chi connectivity index (χ0v) is 9.94. The van der Waals surface area contributed by atoms with E-state index >= 15 is 0 Å². The average molecular weight is 228 g/mol. The summed E-state index contributed by atoms with van der Waals surface area (Å²) in [6, 6.07) is 0. The van der Waals surface area contributed by atoms with Crippen LogP contribution in [0.2, 0.25) is 0 Å². The van der Waals surface area contributed by atoms with E-state index in [1.807, 2.05) is 13.8 Å². The van der Waals surface area contributed by atoms with E-state index in [1.165, 1.54) is 0 Å². The van der Waals surface area contributed by atoms with E-state index in [0.29, 0.717) is 19.4 Å². The molecule has 6 heteroatoms. The highest BCUT2D eigenvalue weighted by molar-refractivity contribution is 5.78. The van der Waals surface area contributed by atoms with Crippen LogP contribution in [0, 0.1) is 0 Å². The molecule has 0 aliphatic carbocycles. The van der Waals surface area contributed by atoms with Crippen molar-refractivity contribution in [1.29, 1.82) is 0 Å². The first-order chi connectivity index (χ1) is 7.63. The van der Waals surface area contributed by atoms with Crippen molar-refractivity contribution in [3.05, 3.63) is 10.4 Å². The van der Waals surface area contributed by atoms with Gasteiger partial charge in [-0.2, -0.15) is 0 Å². The highest BCUT2D eigenvalue weighted by Crippen LogP contribution is 2.18. The Kier molecular flexibility index (Phi) is 7.33. The normalized spacial score (nSPS) is 13.9. The Hall–Kier alpha value is -1.26. The number of carbonyl (C=O) groups is 1. The molecule has 92 valence electrons. The van der Waals surface area contributed by atoms with Crippen molar-refractivity contribution >= 4 is 5.97 Å². The lowest BCUT2D eigenvalue weighted by molar-refractivity contribution is -0.145. The number of nitrogens with zero attached hydrogens (tertiary/aromatic N) is 3. The van der Waals surface area contributed by atoms with Gasteiger partial charge in [0.1, 0.15) is 5.54 Å². The van der Waals surface area contributed by atoms with E-state index < -0.39 is 11.5 Å². The van der Waals surface area contributed by atoms with Crippen LogP contribution in [0.1, 0.15) is 39.5 Å². The number of hydrogen-bond acceptors (Lipinski definition) is 3. The van der Waals surface area contributed by atoms with Crippen molar-refractivity contribution in [2.24, 2.45) is 5.11 Å². The second-order valence-electron chi connectivity index (χ2n) is 3.73. The molecule has 0 fully saturated rings. The number of nitrogens with one attached hydrogen (secondary N) is 1. The molecular formula is C10H20N4O2. The minimum Gasteiger partial charge on any atom is -0.480 e. The lowest BCUT2D eigenvalue weighted by Crippen LogP contribution is -2.52. The highest BCUT2D eigenvalue weighted by Gasteiger charge is 2.34. The maximum Gasteiger partial charge on any atom is 0.323 e. The van der Waals surface area contributed by atoms with Gasteiger partial charge in [0, 0.05) is 18.0 Å². The molecule has 1 unspecified atom stereocenters. The maximum absolute atomic E-state index is 11.3. The van der Waals surface area contributed by atoms with Gasteiger partial charge in [-0.05, 0) is 18.4 Å². The van der Waals surface area contributed by atoms with Crippen molar-refractivity contribution < 1.29 is 9.90 Å². The zero-order chi connectivity index (χ0) is 12.4. The summed E-state index contributed by atoms with van der Waals surface area (Å²) < 4.78 is 0. The maximum atomic E-state index is 11.3. The van der Waals surface area contributed by atoms with Gasteiger partial charge in [0.05, 0.1) is 0 Å². The number of azide groups is 1. The number of hydrogen-bond donors (Lipinski definition) is 2. The van der Waals surface area contributed by atoms with Crippen molar-refractivity contribution in [2.75, 3.05) is 13.1 Å². The van der Waals surface area contributed by atoms with Crippen LogP contribution >= 0.6 is 0 Å².